The molecular formula is C87H178Si3. The first-order valence-electron chi connectivity index (χ1n) is 31.3. The Kier molecular flexibility index (Phi) is 73.6. The highest BCUT2D eigenvalue weighted by molar-refractivity contribution is 6.91. The van der Waals surface area contributed by atoms with Crippen LogP contribution in [0, 0.1) is 34.0 Å². The van der Waals surface area contributed by atoms with Gasteiger partial charge in [-0.1, -0.05) is 413 Å². The van der Waals surface area contributed by atoms with Crippen LogP contribution in [0.1, 0.15) is 307 Å². The van der Waals surface area contributed by atoms with E-state index in [0.29, 0.717) is 35.0 Å². The second-order valence-electron chi connectivity index (χ2n) is 28.2. The molecule has 0 aliphatic carbocycles. The van der Waals surface area contributed by atoms with Gasteiger partial charge < -0.3 is 0 Å². The van der Waals surface area contributed by atoms with Crippen LogP contribution in [0.25, 0.3) is 0 Å². The van der Waals surface area contributed by atoms with Gasteiger partial charge in [-0.15, -0.1) is 13.2 Å². The van der Waals surface area contributed by atoms with E-state index in [4.69, 9.17) is 0 Å². The van der Waals surface area contributed by atoms with E-state index >= 15 is 0 Å². The highest BCUT2D eigenvalue weighted by atomic mass is 28.3. The van der Waals surface area contributed by atoms with Crippen molar-refractivity contribution in [2.24, 2.45) is 34.0 Å². The summed E-state index contributed by atoms with van der Waals surface area (Å²) >= 11 is 0. The van der Waals surface area contributed by atoms with Gasteiger partial charge in [0.15, 0.2) is 0 Å². The second-order valence-corrected chi connectivity index (χ2v) is 43.9. The number of hydrogen-bond acceptors (Lipinski definition) is 0. The Morgan fingerprint density at radius 3 is 1.08 bits per heavy atom. The summed E-state index contributed by atoms with van der Waals surface area (Å²) in [5.74, 6) is 3.07. The van der Waals surface area contributed by atoms with Crippen molar-refractivity contribution in [3.05, 3.63) is 158 Å². The van der Waals surface area contributed by atoms with Crippen molar-refractivity contribution in [1.29, 1.82) is 0 Å². The molecule has 0 fully saturated rings. The minimum Gasteiger partial charge on any atom is -0.103 e. The first-order chi connectivity index (χ1) is 35.8. The lowest BCUT2D eigenvalue weighted by Gasteiger charge is -2.37. The van der Waals surface area contributed by atoms with Crippen LogP contribution >= 0.6 is 0 Å². The van der Waals surface area contributed by atoms with Crippen molar-refractivity contribution in [1.82, 2.24) is 0 Å². The number of hydrogen-bond donors (Lipinski definition) is 0. The Labute approximate surface area is 581 Å². The molecule has 538 valence electrons. The molecule has 0 aliphatic heterocycles. The predicted molar refractivity (Wildman–Crippen MR) is 452 cm³/mol. The summed E-state index contributed by atoms with van der Waals surface area (Å²) in [6.07, 6.45) is 21.0. The fraction of sp³-hybridized carbons (Fsp3) is 0.678. The van der Waals surface area contributed by atoms with E-state index in [1.807, 2.05) is 0 Å². The van der Waals surface area contributed by atoms with Crippen LogP contribution in [-0.4, -0.2) is 24.2 Å². The van der Waals surface area contributed by atoms with Crippen LogP contribution in [0.15, 0.2) is 147 Å². The molecule has 0 spiro atoms. The molecule has 9 unspecified atom stereocenters. The van der Waals surface area contributed by atoms with Crippen LogP contribution in [0.2, 0.25) is 62.5 Å². The predicted octanol–water partition coefficient (Wildman–Crippen LogP) is 32.0. The summed E-state index contributed by atoms with van der Waals surface area (Å²) in [4.78, 5) is 0. The van der Waals surface area contributed by atoms with Crippen molar-refractivity contribution >= 4 is 34.6 Å². The molecule has 0 N–H and O–H groups in total. The van der Waals surface area contributed by atoms with Gasteiger partial charge in [0.1, 0.15) is 0 Å². The molecule has 0 nitrogen and oxygen atoms in total. The summed E-state index contributed by atoms with van der Waals surface area (Å²) in [6, 6.07) is 37.5. The van der Waals surface area contributed by atoms with E-state index in [2.05, 4.69) is 267 Å². The van der Waals surface area contributed by atoms with Crippen LogP contribution in [0.3, 0.4) is 0 Å². The third-order valence-electron chi connectivity index (χ3n) is 20.0. The smallest absolute Gasteiger partial charge is 0.0834 e. The average Bonchev–Trinajstić information content (AvgIpc) is 3.39. The van der Waals surface area contributed by atoms with E-state index in [9.17, 15) is 0 Å². The molecule has 90 heavy (non-hydrogen) atoms. The molecule has 0 aliphatic rings. The monoisotopic (exact) mass is 1310 g/mol. The SMILES string of the molecule is C.C.C.C.C.C.C.C.C.C.C.C.C.C=C(C)C(C)CC(C)(CCCC(C)c1ccccc1)CC[Si](CC)(CC)CC.C=CC(C)(CCCC(C)[Si](C)(C)c1ccccc1)CC(C)C(=C)C.C=CC(C)(CCCC(C)c1ccc([Si](C)(C)C)cc1)CC(C)C(=C)C. The second kappa shape index (κ2) is 56.4. The topological polar surface area (TPSA) is 0 Å². The number of allylic oxidation sites excluding steroid dienone is 5. The molecule has 0 aromatic heterocycles. The number of benzene rings is 3. The normalized spacial score (nSPS) is 14.3. The lowest BCUT2D eigenvalue weighted by atomic mass is 9.73. The average molecular weight is 1310 g/mol. The maximum Gasteiger partial charge on any atom is 0.0834 e. The highest BCUT2D eigenvalue weighted by Gasteiger charge is 2.34. The first kappa shape index (κ1) is 118. The van der Waals surface area contributed by atoms with Gasteiger partial charge in [0.25, 0.3) is 0 Å². The van der Waals surface area contributed by atoms with Crippen LogP contribution in [-0.2, 0) is 0 Å². The molecule has 0 saturated heterocycles. The van der Waals surface area contributed by atoms with Gasteiger partial charge in [0.05, 0.1) is 24.2 Å². The van der Waals surface area contributed by atoms with Gasteiger partial charge >= 0.3 is 0 Å². The molecule has 0 radical (unpaired) electrons. The van der Waals surface area contributed by atoms with E-state index in [1.54, 1.807) is 10.4 Å². The fourth-order valence-corrected chi connectivity index (χ4v) is 19.2. The van der Waals surface area contributed by atoms with E-state index in [-0.39, 0.29) is 107 Å². The quantitative estimate of drug-likeness (QED) is 0.0413. The molecule has 0 heterocycles. The van der Waals surface area contributed by atoms with Gasteiger partial charge in [-0.25, -0.2) is 0 Å². The van der Waals surface area contributed by atoms with E-state index in [1.165, 1.54) is 129 Å². The largest absolute Gasteiger partial charge is 0.103 e. The molecule has 3 rings (SSSR count). The van der Waals surface area contributed by atoms with Crippen molar-refractivity contribution in [3.8, 4) is 0 Å². The van der Waals surface area contributed by atoms with Crippen LogP contribution < -0.4 is 10.4 Å². The van der Waals surface area contributed by atoms with Gasteiger partial charge in [-0.3, -0.25) is 0 Å². The lowest BCUT2D eigenvalue weighted by Crippen LogP contribution is -2.45. The molecule has 0 amide bonds. The molecular weight excluding hydrogens is 1130 g/mol. The Hall–Kier alpha value is -2.99. The summed E-state index contributed by atoms with van der Waals surface area (Å²) in [7, 11) is -3.61. The van der Waals surface area contributed by atoms with Crippen molar-refractivity contribution < 1.29 is 0 Å². The maximum absolute atomic E-state index is 4.25. The molecule has 3 aromatic carbocycles. The van der Waals surface area contributed by atoms with Crippen molar-refractivity contribution in [3.63, 3.8) is 0 Å². The zero-order valence-corrected chi connectivity index (χ0v) is 57.8. The Morgan fingerprint density at radius 1 is 0.422 bits per heavy atom. The fourth-order valence-electron chi connectivity index (χ4n) is 11.8. The summed E-state index contributed by atoms with van der Waals surface area (Å²) in [5, 5.41) is 3.14. The van der Waals surface area contributed by atoms with Crippen molar-refractivity contribution in [2.75, 3.05) is 0 Å². The summed E-state index contributed by atoms with van der Waals surface area (Å²) in [6.45, 7) is 68.3. The Balaban J connectivity index is -0.0000000840. The minimum atomic E-state index is -1.38. The zero-order chi connectivity index (χ0) is 58.8. The van der Waals surface area contributed by atoms with Crippen LogP contribution in [0.5, 0.6) is 0 Å². The third-order valence-corrected chi connectivity index (χ3v) is 32.5. The Morgan fingerprint density at radius 2 is 0.744 bits per heavy atom. The van der Waals surface area contributed by atoms with Crippen molar-refractivity contribution in [2.45, 2.75) is 358 Å². The van der Waals surface area contributed by atoms with Crippen LogP contribution in [0.4, 0.5) is 0 Å². The highest BCUT2D eigenvalue weighted by Crippen LogP contribution is 2.43. The molecule has 3 aromatic rings. The molecule has 0 bridgehead atoms. The summed E-state index contributed by atoms with van der Waals surface area (Å²) in [5.41, 5.74) is 8.62. The zero-order valence-electron chi connectivity index (χ0n) is 54.8. The molecule has 3 heteroatoms. The van der Waals surface area contributed by atoms with Gasteiger partial charge in [0, 0.05) is 0 Å². The third kappa shape index (κ3) is 42.4. The molecule has 9 atom stereocenters. The maximum atomic E-state index is 4.25. The van der Waals surface area contributed by atoms with E-state index in [0.717, 1.165) is 12.0 Å². The minimum absolute atomic E-state index is 0. The first-order valence-corrected chi connectivity index (χ1v) is 40.7. The van der Waals surface area contributed by atoms with Gasteiger partial charge in [-0.05, 0) is 135 Å². The Bertz CT molecular complexity index is 2130. The molecule has 0 saturated carbocycles. The van der Waals surface area contributed by atoms with E-state index < -0.39 is 24.2 Å². The summed E-state index contributed by atoms with van der Waals surface area (Å²) < 4.78 is 0. The standard InChI is InChI=1S/C27H48Si.C24H40Si.C23H38Si.13CH4/c1-9-28(10-2,11-3)21-20-27(8,22-25(7)23(4)5)19-15-16-24(6)26-17-13-12-14-18-26;1-10-24(6,18-21(5)19(2)3)17-11-12-20(4)22-13-15-23(16-14-22)25(7,8)9;1-9-23(6,18-20(4)19(2)3)17-13-14-21(5)24(7,8)22-15-11-10-12-16-22;;;;;;;;;;;;;/h12-14,17-18,24-25H,4,9-11,15-16,19-22H2,1-3,5-8H3;10,13-16,20-21H,1-2,11-12,17-18H2,3-9H3;9-12,15-16,20-21H,1-2,13-14,17-18H2,3-8H3;13*1H4. The lowest BCUT2D eigenvalue weighted by molar-refractivity contribution is 0.221. The van der Waals surface area contributed by atoms with Gasteiger partial charge in [-0.2, -0.15) is 0 Å². The van der Waals surface area contributed by atoms with Gasteiger partial charge in [0.2, 0.25) is 0 Å². The number of rotatable bonds is 34.